The molecule has 0 fully saturated rings. The van der Waals surface area contributed by atoms with Gasteiger partial charge in [0.05, 0.1) is 17.8 Å². The number of rotatable bonds is 9. The van der Waals surface area contributed by atoms with Gasteiger partial charge in [0.2, 0.25) is 0 Å². The van der Waals surface area contributed by atoms with Crippen LogP contribution in [0, 0.1) is 0 Å². The number of carbonyl (C=O) groups is 3. The fraction of sp³-hybridized carbons (Fsp3) is 0.278. The summed E-state index contributed by atoms with van der Waals surface area (Å²) in [4.78, 5) is 48.7. The Morgan fingerprint density at radius 2 is 1.97 bits per heavy atom. The minimum atomic E-state index is -0.754. The highest BCUT2D eigenvalue weighted by molar-refractivity contribution is 7.13. The van der Waals surface area contributed by atoms with Crippen LogP contribution < -0.4 is 16.4 Å². The maximum absolute atomic E-state index is 11.8. The largest absolute Gasteiger partial charge is 0.456 e. The molecule has 12 heteroatoms. The third kappa shape index (κ3) is 6.39. The van der Waals surface area contributed by atoms with Crippen molar-refractivity contribution in [3.8, 4) is 10.8 Å². The van der Waals surface area contributed by atoms with Gasteiger partial charge < -0.3 is 14.5 Å². The van der Waals surface area contributed by atoms with Crippen LogP contribution in [0.2, 0.25) is 0 Å². The number of hydrogen-bond donors (Lipinski definition) is 2. The van der Waals surface area contributed by atoms with E-state index < -0.39 is 30.3 Å². The number of imide groups is 1. The number of hydrogen-bond acceptors (Lipinski definition) is 9. The van der Waals surface area contributed by atoms with Crippen LogP contribution in [0.5, 0.6) is 0 Å². The number of urea groups is 1. The van der Waals surface area contributed by atoms with E-state index in [1.165, 1.54) is 11.3 Å². The van der Waals surface area contributed by atoms with Crippen LogP contribution >= 0.6 is 22.7 Å². The standard InChI is InChI=1S/C18H18N4O6S2/c23-14(20-17(25)19-7-5-12-3-1-9-29-12)11-27-15(24)6-8-22-18(26)28-16(21-22)13-4-2-10-30-13/h1-4,9-10H,5-8,11H2,(H2,19,20,23,25). The molecule has 0 aliphatic rings. The van der Waals surface area contributed by atoms with E-state index in [1.54, 1.807) is 23.5 Å². The second kappa shape index (κ2) is 10.5. The van der Waals surface area contributed by atoms with Crippen molar-refractivity contribution in [1.82, 2.24) is 20.4 Å². The predicted octanol–water partition coefficient (Wildman–Crippen LogP) is 1.63. The second-order valence-corrected chi connectivity index (χ2v) is 7.90. The van der Waals surface area contributed by atoms with E-state index >= 15 is 0 Å². The smallest absolute Gasteiger partial charge is 0.437 e. The van der Waals surface area contributed by atoms with E-state index in [1.807, 2.05) is 22.9 Å². The molecular formula is C18H18N4O6S2. The van der Waals surface area contributed by atoms with Gasteiger partial charge in [0.25, 0.3) is 11.8 Å². The summed E-state index contributed by atoms with van der Waals surface area (Å²) in [5.41, 5.74) is 0. The fourth-order valence-electron chi connectivity index (χ4n) is 2.32. The van der Waals surface area contributed by atoms with Gasteiger partial charge in [-0.1, -0.05) is 12.1 Å². The highest BCUT2D eigenvalue weighted by atomic mass is 32.1. The lowest BCUT2D eigenvalue weighted by Crippen LogP contribution is -2.42. The summed E-state index contributed by atoms with van der Waals surface area (Å²) >= 11 is 2.94. The van der Waals surface area contributed by atoms with Crippen molar-refractivity contribution in [2.45, 2.75) is 19.4 Å². The van der Waals surface area contributed by atoms with Crippen molar-refractivity contribution < 1.29 is 23.5 Å². The second-order valence-electron chi connectivity index (χ2n) is 5.92. The SMILES string of the molecule is O=C(COC(=O)CCn1nc(-c2cccs2)oc1=O)NC(=O)NCCc1cccs1. The fourth-order valence-corrected chi connectivity index (χ4v) is 3.68. The highest BCUT2D eigenvalue weighted by Gasteiger charge is 2.14. The molecule has 158 valence electrons. The first kappa shape index (κ1) is 21.5. The summed E-state index contributed by atoms with van der Waals surface area (Å²) in [6.07, 6.45) is 0.473. The molecule has 3 heterocycles. The van der Waals surface area contributed by atoms with E-state index in [0.29, 0.717) is 17.8 Å². The van der Waals surface area contributed by atoms with Gasteiger partial charge in [-0.15, -0.1) is 27.8 Å². The molecule has 0 aliphatic carbocycles. The van der Waals surface area contributed by atoms with E-state index in [4.69, 9.17) is 9.15 Å². The quantitative estimate of drug-likeness (QED) is 0.474. The molecule has 0 aliphatic heterocycles. The first-order chi connectivity index (χ1) is 14.5. The zero-order chi connectivity index (χ0) is 21.3. The van der Waals surface area contributed by atoms with Gasteiger partial charge in [0.15, 0.2) is 6.61 Å². The number of nitrogens with one attached hydrogen (secondary N) is 2. The van der Waals surface area contributed by atoms with Gasteiger partial charge in [0, 0.05) is 11.4 Å². The van der Waals surface area contributed by atoms with E-state index in [2.05, 4.69) is 15.7 Å². The average Bonchev–Trinajstić information content (AvgIpc) is 3.47. The van der Waals surface area contributed by atoms with Crippen molar-refractivity contribution >= 4 is 40.6 Å². The lowest BCUT2D eigenvalue weighted by molar-refractivity contribution is -0.148. The van der Waals surface area contributed by atoms with Gasteiger partial charge in [-0.05, 0) is 29.3 Å². The lowest BCUT2D eigenvalue weighted by Gasteiger charge is -2.07. The molecule has 0 saturated heterocycles. The highest BCUT2D eigenvalue weighted by Crippen LogP contribution is 2.21. The predicted molar refractivity (Wildman–Crippen MR) is 109 cm³/mol. The molecule has 30 heavy (non-hydrogen) atoms. The van der Waals surface area contributed by atoms with Crippen LogP contribution in [-0.4, -0.2) is 40.8 Å². The molecule has 0 spiro atoms. The molecule has 3 rings (SSSR count). The number of ether oxygens (including phenoxy) is 1. The molecule has 3 amide bonds. The molecule has 0 aromatic carbocycles. The molecule has 2 N–H and O–H groups in total. The first-order valence-corrected chi connectivity index (χ1v) is 10.6. The summed E-state index contributed by atoms with van der Waals surface area (Å²) in [7, 11) is 0. The normalized spacial score (nSPS) is 10.5. The summed E-state index contributed by atoms with van der Waals surface area (Å²) in [6.45, 7) is -0.290. The van der Waals surface area contributed by atoms with Gasteiger partial charge in [-0.3, -0.25) is 14.9 Å². The number of amides is 3. The van der Waals surface area contributed by atoms with E-state index in [9.17, 15) is 19.2 Å². The molecule has 0 atom stereocenters. The molecule has 10 nitrogen and oxygen atoms in total. The molecule has 0 saturated carbocycles. The number of esters is 1. The van der Waals surface area contributed by atoms with Gasteiger partial charge in [0.1, 0.15) is 0 Å². The number of carbonyl (C=O) groups excluding carboxylic acids is 3. The number of thiophene rings is 2. The minimum absolute atomic E-state index is 0.0582. The van der Waals surface area contributed by atoms with Crippen molar-refractivity contribution in [2.24, 2.45) is 0 Å². The van der Waals surface area contributed by atoms with Crippen molar-refractivity contribution in [2.75, 3.05) is 13.2 Å². The average molecular weight is 450 g/mol. The van der Waals surface area contributed by atoms with Crippen molar-refractivity contribution in [3.05, 3.63) is 50.5 Å². The number of aromatic nitrogens is 2. The Bertz CT molecular complexity index is 1040. The van der Waals surface area contributed by atoms with Crippen molar-refractivity contribution in [1.29, 1.82) is 0 Å². The Balaban J connectivity index is 1.33. The Morgan fingerprint density at radius 3 is 2.70 bits per heavy atom. The molecular weight excluding hydrogens is 432 g/mol. The van der Waals surface area contributed by atoms with Crippen LogP contribution in [0.25, 0.3) is 10.8 Å². The zero-order valence-corrected chi connectivity index (χ0v) is 17.3. The van der Waals surface area contributed by atoms with Gasteiger partial charge in [-0.2, -0.15) is 4.68 Å². The topological polar surface area (TPSA) is 133 Å². The first-order valence-electron chi connectivity index (χ1n) is 8.89. The third-order valence-electron chi connectivity index (χ3n) is 3.72. The summed E-state index contributed by atoms with van der Waals surface area (Å²) in [6, 6.07) is 6.75. The summed E-state index contributed by atoms with van der Waals surface area (Å²) in [5.74, 6) is -1.98. The Hall–Kier alpha value is -3.25. The third-order valence-corrected chi connectivity index (χ3v) is 5.51. The van der Waals surface area contributed by atoms with E-state index in [0.717, 1.165) is 9.56 Å². The summed E-state index contributed by atoms with van der Waals surface area (Å²) in [5, 5.41) is 12.4. The maximum Gasteiger partial charge on any atom is 0.437 e. The Labute approximate surface area is 178 Å². The molecule has 0 unspecified atom stereocenters. The lowest BCUT2D eigenvalue weighted by atomic mass is 10.3. The monoisotopic (exact) mass is 450 g/mol. The Morgan fingerprint density at radius 1 is 1.17 bits per heavy atom. The molecule has 3 aromatic heterocycles. The molecule has 0 radical (unpaired) electrons. The number of aryl methyl sites for hydroxylation is 1. The Kier molecular flexibility index (Phi) is 7.51. The van der Waals surface area contributed by atoms with Crippen LogP contribution in [0.4, 0.5) is 4.79 Å². The van der Waals surface area contributed by atoms with E-state index in [-0.39, 0.29) is 18.9 Å². The van der Waals surface area contributed by atoms with Crippen LogP contribution in [0.3, 0.4) is 0 Å². The zero-order valence-electron chi connectivity index (χ0n) is 15.7. The van der Waals surface area contributed by atoms with Crippen LogP contribution in [0.15, 0.2) is 44.2 Å². The van der Waals surface area contributed by atoms with Crippen LogP contribution in [-0.2, 0) is 27.3 Å². The minimum Gasteiger partial charge on any atom is -0.456 e. The van der Waals surface area contributed by atoms with Gasteiger partial charge in [-0.25, -0.2) is 9.59 Å². The summed E-state index contributed by atoms with van der Waals surface area (Å²) < 4.78 is 10.9. The van der Waals surface area contributed by atoms with Crippen molar-refractivity contribution in [3.63, 3.8) is 0 Å². The number of nitrogens with zero attached hydrogens (tertiary/aromatic N) is 2. The molecule has 3 aromatic rings. The molecule has 0 bridgehead atoms. The van der Waals surface area contributed by atoms with Crippen LogP contribution in [0.1, 0.15) is 11.3 Å². The van der Waals surface area contributed by atoms with Gasteiger partial charge >= 0.3 is 17.8 Å². The maximum atomic E-state index is 11.8.